The molecular weight excluding hydrogens is 438 g/mol. The maximum Gasteiger partial charge on any atom is 0.243 e. The van der Waals surface area contributed by atoms with E-state index in [4.69, 9.17) is 11.6 Å². The molecule has 2 N–H and O–H groups in total. The highest BCUT2D eigenvalue weighted by Gasteiger charge is 2.30. The summed E-state index contributed by atoms with van der Waals surface area (Å²) in [4.78, 5) is 23.6. The third-order valence-electron chi connectivity index (χ3n) is 5.26. The van der Waals surface area contributed by atoms with Crippen molar-refractivity contribution >= 4 is 39.1 Å². The van der Waals surface area contributed by atoms with Crippen LogP contribution >= 0.6 is 11.6 Å². The van der Waals surface area contributed by atoms with Gasteiger partial charge in [-0.3, -0.25) is 9.59 Å². The number of benzene rings is 2. The molecule has 0 aromatic heterocycles. The fourth-order valence-electron chi connectivity index (χ4n) is 3.55. The van der Waals surface area contributed by atoms with Crippen molar-refractivity contribution in [2.45, 2.75) is 37.6 Å². The predicted molar refractivity (Wildman–Crippen MR) is 120 cm³/mol. The predicted octanol–water partition coefficient (Wildman–Crippen LogP) is 3.41. The molecule has 2 amide bonds. The molecule has 31 heavy (non-hydrogen) atoms. The van der Waals surface area contributed by atoms with Crippen molar-refractivity contribution in [2.75, 3.05) is 18.4 Å². The summed E-state index contributed by atoms with van der Waals surface area (Å²) in [5.74, 6) is -0.0986. The monoisotopic (exact) mass is 463 g/mol. The van der Waals surface area contributed by atoms with Crippen LogP contribution in [0.1, 0.15) is 31.7 Å². The lowest BCUT2D eigenvalue weighted by atomic mass is 9.94. The summed E-state index contributed by atoms with van der Waals surface area (Å²) in [5.41, 5.74) is 1.53. The molecule has 0 unspecified atom stereocenters. The Morgan fingerprint density at radius 2 is 1.65 bits per heavy atom. The van der Waals surface area contributed by atoms with Gasteiger partial charge in [0.25, 0.3) is 0 Å². The number of halogens is 1. The summed E-state index contributed by atoms with van der Waals surface area (Å²) in [7, 11) is -3.60. The molecule has 0 aliphatic carbocycles. The highest BCUT2D eigenvalue weighted by atomic mass is 35.5. The average molecular weight is 464 g/mol. The average Bonchev–Trinajstić information content (AvgIpc) is 2.74. The molecule has 1 saturated heterocycles. The lowest BCUT2D eigenvalue weighted by molar-refractivity contribution is -0.122. The van der Waals surface area contributed by atoms with Gasteiger partial charge in [0.05, 0.1) is 4.90 Å². The quantitative estimate of drug-likeness (QED) is 0.657. The van der Waals surface area contributed by atoms with Gasteiger partial charge in [0.15, 0.2) is 0 Å². The van der Waals surface area contributed by atoms with Gasteiger partial charge in [-0.25, -0.2) is 8.42 Å². The Bertz CT molecular complexity index is 1020. The first kappa shape index (κ1) is 23.2. The minimum atomic E-state index is -3.60. The molecule has 0 spiro atoms. The van der Waals surface area contributed by atoms with Crippen molar-refractivity contribution in [1.29, 1.82) is 0 Å². The number of anilines is 1. The molecule has 166 valence electrons. The Labute approximate surface area is 187 Å². The first-order chi connectivity index (χ1) is 14.7. The number of piperidine rings is 1. The van der Waals surface area contributed by atoms with Crippen LogP contribution < -0.4 is 10.6 Å². The molecule has 2 aromatic carbocycles. The summed E-state index contributed by atoms with van der Waals surface area (Å²) in [6, 6.07) is 13.5. The molecule has 1 aliphatic heterocycles. The largest absolute Gasteiger partial charge is 0.352 e. The van der Waals surface area contributed by atoms with E-state index in [1.165, 1.54) is 23.4 Å². The second kappa shape index (κ2) is 10.3. The van der Waals surface area contributed by atoms with E-state index in [1.807, 2.05) is 12.1 Å². The molecule has 0 radical (unpaired) electrons. The first-order valence-corrected chi connectivity index (χ1v) is 11.9. The normalized spacial score (nSPS) is 15.4. The minimum absolute atomic E-state index is 0.0372. The van der Waals surface area contributed by atoms with Gasteiger partial charge in [-0.1, -0.05) is 23.7 Å². The van der Waals surface area contributed by atoms with E-state index in [2.05, 4.69) is 10.6 Å². The van der Waals surface area contributed by atoms with Crippen LogP contribution in [0.4, 0.5) is 5.69 Å². The third kappa shape index (κ3) is 6.53. The van der Waals surface area contributed by atoms with Crippen LogP contribution in [0.2, 0.25) is 5.02 Å². The van der Waals surface area contributed by atoms with Gasteiger partial charge in [0.2, 0.25) is 21.8 Å². The highest BCUT2D eigenvalue weighted by molar-refractivity contribution is 7.89. The van der Waals surface area contributed by atoms with Gasteiger partial charge < -0.3 is 10.6 Å². The SMILES string of the molecule is CC(=O)Nc1ccc(S(=O)(=O)N2CCC(CC(=O)NCc3ccc(Cl)cc3)CC2)cc1. The second-order valence-corrected chi connectivity index (χ2v) is 10.0. The van der Waals surface area contributed by atoms with Crippen LogP contribution in [0.25, 0.3) is 0 Å². The van der Waals surface area contributed by atoms with Crippen LogP contribution in [-0.2, 0) is 26.2 Å². The van der Waals surface area contributed by atoms with Gasteiger partial charge >= 0.3 is 0 Å². The standard InChI is InChI=1S/C22H26ClN3O4S/c1-16(27)25-20-6-8-21(9-7-20)31(29,30)26-12-10-17(11-13-26)14-22(28)24-15-18-2-4-19(23)5-3-18/h2-9,17H,10-15H2,1H3,(H,24,28)(H,25,27). The first-order valence-electron chi connectivity index (χ1n) is 10.1. The number of sulfonamides is 1. The number of rotatable bonds is 7. The lowest BCUT2D eigenvalue weighted by Crippen LogP contribution is -2.39. The molecular formula is C22H26ClN3O4S. The van der Waals surface area contributed by atoms with Crippen LogP contribution in [0.15, 0.2) is 53.4 Å². The number of nitrogens with zero attached hydrogens (tertiary/aromatic N) is 1. The van der Waals surface area contributed by atoms with Crippen LogP contribution in [0, 0.1) is 5.92 Å². The Kier molecular flexibility index (Phi) is 7.69. The third-order valence-corrected chi connectivity index (χ3v) is 7.43. The molecule has 0 atom stereocenters. The van der Waals surface area contributed by atoms with E-state index in [1.54, 1.807) is 24.3 Å². The summed E-state index contributed by atoms with van der Waals surface area (Å²) in [5, 5.41) is 6.18. The molecule has 1 heterocycles. The summed E-state index contributed by atoms with van der Waals surface area (Å²) >= 11 is 5.86. The summed E-state index contributed by atoms with van der Waals surface area (Å²) in [6.07, 6.45) is 1.65. The zero-order valence-corrected chi connectivity index (χ0v) is 18.9. The number of carbonyl (C=O) groups excluding carboxylic acids is 2. The molecule has 9 heteroatoms. The van der Waals surface area contributed by atoms with Crippen molar-refractivity contribution in [1.82, 2.24) is 9.62 Å². The molecule has 1 fully saturated rings. The topological polar surface area (TPSA) is 95.6 Å². The fraction of sp³-hybridized carbons (Fsp3) is 0.364. The van der Waals surface area contributed by atoms with Gasteiger partial charge in [0.1, 0.15) is 0 Å². The van der Waals surface area contributed by atoms with Gasteiger partial charge in [-0.05, 0) is 60.7 Å². The highest BCUT2D eigenvalue weighted by Crippen LogP contribution is 2.26. The molecule has 0 bridgehead atoms. The van der Waals surface area contributed by atoms with E-state index in [0.717, 1.165) is 5.56 Å². The van der Waals surface area contributed by atoms with E-state index in [9.17, 15) is 18.0 Å². The fourth-order valence-corrected chi connectivity index (χ4v) is 5.15. The van der Waals surface area contributed by atoms with Crippen LogP contribution in [0.3, 0.4) is 0 Å². The van der Waals surface area contributed by atoms with Crippen LogP contribution in [0.5, 0.6) is 0 Å². The molecule has 7 nitrogen and oxygen atoms in total. The zero-order valence-electron chi connectivity index (χ0n) is 17.3. The van der Waals surface area contributed by atoms with Crippen LogP contribution in [-0.4, -0.2) is 37.6 Å². The molecule has 2 aromatic rings. The number of nitrogens with one attached hydrogen (secondary N) is 2. The van der Waals surface area contributed by atoms with E-state index in [-0.39, 0.29) is 22.6 Å². The van der Waals surface area contributed by atoms with E-state index >= 15 is 0 Å². The molecule has 1 aliphatic rings. The van der Waals surface area contributed by atoms with Gasteiger partial charge in [0, 0.05) is 43.7 Å². The maximum atomic E-state index is 12.9. The second-order valence-electron chi connectivity index (χ2n) is 7.66. The number of amides is 2. The Balaban J connectivity index is 1.48. The van der Waals surface area contributed by atoms with Gasteiger partial charge in [-0.2, -0.15) is 4.31 Å². The lowest BCUT2D eigenvalue weighted by Gasteiger charge is -2.31. The van der Waals surface area contributed by atoms with Gasteiger partial charge in [-0.15, -0.1) is 0 Å². The van der Waals surface area contributed by atoms with E-state index < -0.39 is 10.0 Å². The Morgan fingerprint density at radius 1 is 1.03 bits per heavy atom. The number of carbonyl (C=O) groups is 2. The van der Waals surface area contributed by atoms with Crippen molar-refractivity contribution in [3.8, 4) is 0 Å². The summed E-state index contributed by atoms with van der Waals surface area (Å²) in [6.45, 7) is 2.60. The molecule has 0 saturated carbocycles. The number of hydrogen-bond acceptors (Lipinski definition) is 4. The minimum Gasteiger partial charge on any atom is -0.352 e. The Hall–Kier alpha value is -2.42. The maximum absolute atomic E-state index is 12.9. The molecule has 3 rings (SSSR count). The van der Waals surface area contributed by atoms with E-state index in [0.29, 0.717) is 49.6 Å². The Morgan fingerprint density at radius 3 is 2.23 bits per heavy atom. The zero-order chi connectivity index (χ0) is 22.4. The van der Waals surface area contributed by atoms with Crippen molar-refractivity contribution in [3.63, 3.8) is 0 Å². The summed E-state index contributed by atoms with van der Waals surface area (Å²) < 4.78 is 27.2. The van der Waals surface area contributed by atoms with Crippen molar-refractivity contribution < 1.29 is 18.0 Å². The number of hydrogen-bond donors (Lipinski definition) is 2. The van der Waals surface area contributed by atoms with Crippen molar-refractivity contribution in [3.05, 3.63) is 59.1 Å². The van der Waals surface area contributed by atoms with Crippen molar-refractivity contribution in [2.24, 2.45) is 5.92 Å². The smallest absolute Gasteiger partial charge is 0.243 e.